The van der Waals surface area contributed by atoms with E-state index in [0.29, 0.717) is 24.6 Å². The molecule has 1 aromatic carbocycles. The van der Waals surface area contributed by atoms with E-state index in [2.05, 4.69) is 0 Å². The molecule has 0 bridgehead atoms. The molecule has 1 fully saturated rings. The third-order valence-corrected chi connectivity index (χ3v) is 3.78. The molecule has 1 heterocycles. The maximum Gasteiger partial charge on any atom is 0.490 e. The molecule has 26 heavy (non-hydrogen) atoms. The molecular weight excluding hydrogens is 365 g/mol. The number of alkyl halides is 5. The normalized spacial score (nSPS) is 17.6. The minimum Gasteiger partial charge on any atom is -0.493 e. The van der Waals surface area contributed by atoms with Gasteiger partial charge in [-0.2, -0.15) is 13.2 Å². The van der Waals surface area contributed by atoms with Crippen molar-refractivity contribution < 1.29 is 41.3 Å². The molecule has 0 spiro atoms. The van der Waals surface area contributed by atoms with Gasteiger partial charge in [0.15, 0.2) is 11.5 Å². The molecule has 2 rings (SSSR count). The van der Waals surface area contributed by atoms with Gasteiger partial charge in [0.1, 0.15) is 0 Å². The Morgan fingerprint density at radius 2 is 1.92 bits per heavy atom. The number of methoxy groups -OCH3 is 2. The monoisotopic (exact) mass is 385 g/mol. The van der Waals surface area contributed by atoms with Crippen molar-refractivity contribution in [3.8, 4) is 11.5 Å². The summed E-state index contributed by atoms with van der Waals surface area (Å²) in [7, 11) is 3.20. The summed E-state index contributed by atoms with van der Waals surface area (Å²) in [5, 5.41) is 7.12. The SMILES string of the molecule is COc1cccc(C2CCN(CC(F)F)C2)c1OC.O=C(O)C(F)(F)F. The van der Waals surface area contributed by atoms with Crippen LogP contribution in [0.1, 0.15) is 17.9 Å². The fourth-order valence-corrected chi connectivity index (χ4v) is 2.68. The summed E-state index contributed by atoms with van der Waals surface area (Å²) in [6, 6.07) is 5.73. The van der Waals surface area contributed by atoms with Crippen LogP contribution in [0.25, 0.3) is 0 Å². The van der Waals surface area contributed by atoms with Crippen LogP contribution in [-0.2, 0) is 4.79 Å². The summed E-state index contributed by atoms with van der Waals surface area (Å²) in [5.74, 6) is -1.13. The number of hydrogen-bond donors (Lipinski definition) is 1. The van der Waals surface area contributed by atoms with Crippen molar-refractivity contribution in [1.82, 2.24) is 4.90 Å². The number of carboxylic acid groups (broad SMARTS) is 1. The number of rotatable bonds is 5. The molecule has 148 valence electrons. The first kappa shape index (κ1) is 21.9. The zero-order valence-corrected chi connectivity index (χ0v) is 14.2. The number of carbonyl (C=O) groups is 1. The average Bonchev–Trinajstić information content (AvgIpc) is 3.01. The molecule has 1 saturated heterocycles. The molecule has 1 atom stereocenters. The van der Waals surface area contributed by atoms with Gasteiger partial charge < -0.3 is 14.6 Å². The molecule has 0 aliphatic carbocycles. The number of carboxylic acids is 1. The third kappa shape index (κ3) is 6.32. The lowest BCUT2D eigenvalue weighted by Crippen LogP contribution is -2.26. The van der Waals surface area contributed by atoms with E-state index in [1.165, 1.54) is 0 Å². The second kappa shape index (κ2) is 9.56. The van der Waals surface area contributed by atoms with Crippen LogP contribution in [0.4, 0.5) is 22.0 Å². The summed E-state index contributed by atoms with van der Waals surface area (Å²) in [4.78, 5) is 10.7. The molecular formula is C16H20F5NO4. The van der Waals surface area contributed by atoms with E-state index >= 15 is 0 Å². The van der Waals surface area contributed by atoms with Crippen molar-refractivity contribution >= 4 is 5.97 Å². The number of benzene rings is 1. The first-order valence-electron chi connectivity index (χ1n) is 7.61. The predicted molar refractivity (Wildman–Crippen MR) is 83.0 cm³/mol. The quantitative estimate of drug-likeness (QED) is 0.788. The number of ether oxygens (including phenoxy) is 2. The van der Waals surface area contributed by atoms with E-state index in [0.717, 1.165) is 12.0 Å². The minimum atomic E-state index is -5.08. The maximum absolute atomic E-state index is 12.4. The van der Waals surface area contributed by atoms with Gasteiger partial charge >= 0.3 is 12.1 Å². The molecule has 0 amide bonds. The molecule has 1 unspecified atom stereocenters. The number of halogens is 5. The largest absolute Gasteiger partial charge is 0.493 e. The smallest absolute Gasteiger partial charge is 0.490 e. The molecule has 0 saturated carbocycles. The van der Waals surface area contributed by atoms with E-state index in [1.807, 2.05) is 18.2 Å². The van der Waals surface area contributed by atoms with Gasteiger partial charge in [0, 0.05) is 18.0 Å². The van der Waals surface area contributed by atoms with Crippen molar-refractivity contribution in [3.05, 3.63) is 23.8 Å². The van der Waals surface area contributed by atoms with Gasteiger partial charge in [-0.25, -0.2) is 13.6 Å². The van der Waals surface area contributed by atoms with Crippen LogP contribution in [0.15, 0.2) is 18.2 Å². The van der Waals surface area contributed by atoms with Gasteiger partial charge in [0.25, 0.3) is 6.43 Å². The summed E-state index contributed by atoms with van der Waals surface area (Å²) >= 11 is 0. The van der Waals surface area contributed by atoms with Crippen molar-refractivity contribution in [2.45, 2.75) is 24.9 Å². The highest BCUT2D eigenvalue weighted by molar-refractivity contribution is 5.73. The topological polar surface area (TPSA) is 59.0 Å². The Bertz CT molecular complexity index is 594. The molecule has 1 aliphatic heterocycles. The van der Waals surface area contributed by atoms with Gasteiger partial charge in [-0.3, -0.25) is 4.90 Å². The Labute approximate surface area is 147 Å². The third-order valence-electron chi connectivity index (χ3n) is 3.78. The molecule has 5 nitrogen and oxygen atoms in total. The van der Waals surface area contributed by atoms with Gasteiger partial charge in [-0.15, -0.1) is 0 Å². The van der Waals surface area contributed by atoms with E-state index in [1.54, 1.807) is 19.1 Å². The highest BCUT2D eigenvalue weighted by atomic mass is 19.4. The first-order valence-corrected chi connectivity index (χ1v) is 7.61. The lowest BCUT2D eigenvalue weighted by Gasteiger charge is -2.18. The Hall–Kier alpha value is -2.10. The van der Waals surface area contributed by atoms with E-state index < -0.39 is 18.6 Å². The standard InChI is InChI=1S/C14H19F2NO2.C2HF3O2/c1-18-12-5-3-4-11(14(12)19-2)10-6-7-17(8-10)9-13(15)16;3-2(4,5)1(6)7/h3-5,10,13H,6-9H2,1-2H3;(H,6,7). The number of likely N-dealkylation sites (tertiary alicyclic amines) is 1. The first-order chi connectivity index (χ1) is 12.1. The van der Waals surface area contributed by atoms with E-state index in [4.69, 9.17) is 19.4 Å². The average molecular weight is 385 g/mol. The molecule has 0 aromatic heterocycles. The van der Waals surface area contributed by atoms with Gasteiger partial charge in [-0.05, 0) is 19.0 Å². The fourth-order valence-electron chi connectivity index (χ4n) is 2.68. The Balaban J connectivity index is 0.000000412. The van der Waals surface area contributed by atoms with Gasteiger partial charge in [-0.1, -0.05) is 12.1 Å². The Morgan fingerprint density at radius 1 is 1.31 bits per heavy atom. The van der Waals surface area contributed by atoms with Crippen molar-refractivity contribution in [2.24, 2.45) is 0 Å². The Morgan fingerprint density at radius 3 is 2.38 bits per heavy atom. The summed E-state index contributed by atoms with van der Waals surface area (Å²) < 4.78 is 67.2. The zero-order chi connectivity index (χ0) is 19.9. The number of aliphatic carboxylic acids is 1. The van der Waals surface area contributed by atoms with Crippen molar-refractivity contribution in [2.75, 3.05) is 33.9 Å². The van der Waals surface area contributed by atoms with Crippen LogP contribution in [-0.4, -0.2) is 62.4 Å². The minimum absolute atomic E-state index is 0.150. The molecule has 0 radical (unpaired) electrons. The van der Waals surface area contributed by atoms with E-state index in [9.17, 15) is 22.0 Å². The lowest BCUT2D eigenvalue weighted by atomic mass is 9.97. The van der Waals surface area contributed by atoms with E-state index in [-0.39, 0.29) is 12.5 Å². The highest BCUT2D eigenvalue weighted by Gasteiger charge is 2.38. The number of hydrogen-bond acceptors (Lipinski definition) is 4. The summed E-state index contributed by atoms with van der Waals surface area (Å²) in [5.41, 5.74) is 1.04. The maximum atomic E-state index is 12.4. The lowest BCUT2D eigenvalue weighted by molar-refractivity contribution is -0.192. The molecule has 10 heteroatoms. The summed E-state index contributed by atoms with van der Waals surface area (Å²) in [6.45, 7) is 1.20. The van der Waals surface area contributed by atoms with Gasteiger partial charge in [0.2, 0.25) is 0 Å². The van der Waals surface area contributed by atoms with Crippen LogP contribution in [0, 0.1) is 0 Å². The number of para-hydroxylation sites is 1. The fraction of sp³-hybridized carbons (Fsp3) is 0.562. The van der Waals surface area contributed by atoms with Crippen LogP contribution >= 0.6 is 0 Å². The second-order valence-electron chi connectivity index (χ2n) is 5.52. The molecule has 1 aliphatic rings. The molecule has 1 aromatic rings. The predicted octanol–water partition coefficient (Wildman–Crippen LogP) is 3.39. The van der Waals surface area contributed by atoms with Crippen molar-refractivity contribution in [3.63, 3.8) is 0 Å². The van der Waals surface area contributed by atoms with Crippen LogP contribution in [0.2, 0.25) is 0 Å². The van der Waals surface area contributed by atoms with Crippen LogP contribution in [0.3, 0.4) is 0 Å². The highest BCUT2D eigenvalue weighted by Crippen LogP contribution is 2.39. The van der Waals surface area contributed by atoms with Crippen LogP contribution < -0.4 is 9.47 Å². The molecule has 1 N–H and O–H groups in total. The number of nitrogens with zero attached hydrogens (tertiary/aromatic N) is 1. The van der Waals surface area contributed by atoms with Crippen LogP contribution in [0.5, 0.6) is 11.5 Å². The van der Waals surface area contributed by atoms with Gasteiger partial charge in [0.05, 0.1) is 20.8 Å². The second-order valence-corrected chi connectivity index (χ2v) is 5.52. The Kier molecular flexibility index (Phi) is 8.07. The van der Waals surface area contributed by atoms with Crippen molar-refractivity contribution in [1.29, 1.82) is 0 Å². The zero-order valence-electron chi connectivity index (χ0n) is 14.2. The summed E-state index contributed by atoms with van der Waals surface area (Å²) in [6.07, 6.45) is -6.48.